The van der Waals surface area contributed by atoms with E-state index >= 15 is 4.39 Å². The number of sulfonamides is 1. The maximum absolute atomic E-state index is 15.9. The summed E-state index contributed by atoms with van der Waals surface area (Å²) < 4.78 is 42.5. The molecule has 0 aromatic heterocycles. The van der Waals surface area contributed by atoms with E-state index in [2.05, 4.69) is 41.4 Å². The van der Waals surface area contributed by atoms with E-state index in [1.165, 1.54) is 6.07 Å². The van der Waals surface area contributed by atoms with Gasteiger partial charge in [0.1, 0.15) is 11.2 Å². The molecule has 2 fully saturated rings. The van der Waals surface area contributed by atoms with E-state index in [0.717, 1.165) is 6.26 Å². The van der Waals surface area contributed by atoms with Gasteiger partial charge in [-0.15, -0.1) is 0 Å². The third kappa shape index (κ3) is 5.68. The van der Waals surface area contributed by atoms with Crippen LogP contribution in [0.3, 0.4) is 0 Å². The molecule has 2 aromatic carbocycles. The maximum atomic E-state index is 15.9. The van der Waals surface area contributed by atoms with Gasteiger partial charge in [0.05, 0.1) is 17.3 Å². The molecule has 5 rings (SSSR count). The second-order valence-electron chi connectivity index (χ2n) is 13.5. The molecule has 8 nitrogen and oxygen atoms in total. The van der Waals surface area contributed by atoms with Crippen molar-refractivity contribution >= 4 is 50.7 Å². The lowest BCUT2D eigenvalue weighted by atomic mass is 9.62. The van der Waals surface area contributed by atoms with Gasteiger partial charge in [0.2, 0.25) is 21.8 Å². The van der Waals surface area contributed by atoms with Gasteiger partial charge in [0.25, 0.3) is 0 Å². The van der Waals surface area contributed by atoms with E-state index in [0.29, 0.717) is 42.0 Å². The van der Waals surface area contributed by atoms with Gasteiger partial charge in [0.15, 0.2) is 0 Å². The summed E-state index contributed by atoms with van der Waals surface area (Å²) >= 11 is 12.6. The Kier molecular flexibility index (Phi) is 7.97. The Balaban J connectivity index is 1.61. The lowest BCUT2D eigenvalue weighted by Gasteiger charge is -2.37. The first-order valence-corrected chi connectivity index (χ1v) is 16.7. The Morgan fingerprint density at radius 1 is 1.19 bits per heavy atom. The molecule has 2 heterocycles. The van der Waals surface area contributed by atoms with Crippen molar-refractivity contribution in [1.82, 2.24) is 15.4 Å². The summed E-state index contributed by atoms with van der Waals surface area (Å²) in [4.78, 5) is 28.4. The molecular weight excluding hydrogens is 602 g/mol. The Hall–Kier alpha value is -2.24. The van der Waals surface area contributed by atoms with Crippen molar-refractivity contribution in [3.63, 3.8) is 0 Å². The van der Waals surface area contributed by atoms with Gasteiger partial charge in [-0.25, -0.2) is 17.5 Å². The molecule has 1 spiro atoms. The molecule has 3 aliphatic rings. The fourth-order valence-electron chi connectivity index (χ4n) is 7.35. The van der Waals surface area contributed by atoms with Crippen molar-refractivity contribution in [3.8, 4) is 0 Å². The minimum absolute atomic E-state index is 0.103. The van der Waals surface area contributed by atoms with Crippen molar-refractivity contribution in [3.05, 3.63) is 63.4 Å². The van der Waals surface area contributed by atoms with Crippen LogP contribution in [-0.4, -0.2) is 50.2 Å². The zero-order valence-corrected chi connectivity index (χ0v) is 26.6. The average Bonchev–Trinajstić information content (AvgIpc) is 3.46. The zero-order chi connectivity index (χ0) is 30.8. The highest BCUT2D eigenvalue weighted by Gasteiger charge is 2.66. The standard InChI is InChI=1S/C30H37Cl2FN4O4S/c1-28(2,3)15-22-30(19-10-9-16(31)13-21(19)35-27(30)39)23(18-7-6-8-20(32)24(18)33)25(36-22)26(38)34-17-11-12-29(4,14-17)37-42(5,40)41/h6-10,13,17,22-23,25,36-37H,11-12,14-15H2,1-5H3,(H,34,38)(H,35,39)/t17-,22+,23-,25+,29-,30-/m0/s1. The Bertz CT molecular complexity index is 1550. The van der Waals surface area contributed by atoms with E-state index in [9.17, 15) is 18.0 Å². The minimum atomic E-state index is -3.45. The summed E-state index contributed by atoms with van der Waals surface area (Å²) in [5.74, 6) is -2.36. The molecule has 6 atom stereocenters. The van der Waals surface area contributed by atoms with Crippen LogP contribution in [0.15, 0.2) is 36.4 Å². The number of hydrogen-bond acceptors (Lipinski definition) is 5. The molecule has 0 radical (unpaired) electrons. The molecule has 1 saturated heterocycles. The van der Waals surface area contributed by atoms with E-state index in [1.54, 1.807) is 30.3 Å². The summed E-state index contributed by atoms with van der Waals surface area (Å²) in [6, 6.07) is 7.94. The number of fused-ring (bicyclic) bond motifs is 2. The number of amides is 2. The Morgan fingerprint density at radius 2 is 1.90 bits per heavy atom. The summed E-state index contributed by atoms with van der Waals surface area (Å²) in [6.07, 6.45) is 3.12. The molecule has 12 heteroatoms. The number of nitrogens with one attached hydrogen (secondary N) is 4. The van der Waals surface area contributed by atoms with Crippen LogP contribution in [-0.2, 0) is 25.0 Å². The summed E-state index contributed by atoms with van der Waals surface area (Å²) in [7, 11) is -3.45. The summed E-state index contributed by atoms with van der Waals surface area (Å²) in [6.45, 7) is 7.97. The van der Waals surface area contributed by atoms with E-state index < -0.39 is 44.8 Å². The number of rotatable bonds is 6. The van der Waals surface area contributed by atoms with Crippen molar-refractivity contribution < 1.29 is 22.4 Å². The molecule has 0 bridgehead atoms. The van der Waals surface area contributed by atoms with Crippen LogP contribution in [0.25, 0.3) is 0 Å². The van der Waals surface area contributed by atoms with Crippen LogP contribution in [0.1, 0.15) is 70.4 Å². The van der Waals surface area contributed by atoms with Crippen LogP contribution in [0, 0.1) is 11.2 Å². The molecular formula is C30H37Cl2FN4O4S. The molecule has 0 unspecified atom stereocenters. The fourth-order valence-corrected chi connectivity index (χ4v) is 8.78. The maximum Gasteiger partial charge on any atom is 0.238 e. The molecule has 2 aliphatic heterocycles. The van der Waals surface area contributed by atoms with Crippen LogP contribution in [0.2, 0.25) is 10.0 Å². The normalized spacial score (nSPS) is 30.9. The van der Waals surface area contributed by atoms with Gasteiger partial charge in [0, 0.05) is 34.3 Å². The number of carbonyl (C=O) groups is 2. The third-order valence-electron chi connectivity index (χ3n) is 8.74. The number of hydrogen-bond donors (Lipinski definition) is 4. The quantitative estimate of drug-likeness (QED) is 0.361. The SMILES string of the molecule is CC(C)(C)C[C@H]1N[C@@H](C(=O)N[C@H]2CC[C@](C)(NS(C)(=O)=O)C2)[C@H](c2cccc(Cl)c2F)[C@@]12C(=O)Nc1cc(Cl)ccc12. The molecule has 1 aliphatic carbocycles. The molecule has 2 aromatic rings. The smallest absolute Gasteiger partial charge is 0.238 e. The van der Waals surface area contributed by atoms with Crippen LogP contribution < -0.4 is 20.7 Å². The highest BCUT2D eigenvalue weighted by molar-refractivity contribution is 7.88. The average molecular weight is 640 g/mol. The minimum Gasteiger partial charge on any atom is -0.352 e. The van der Waals surface area contributed by atoms with Gasteiger partial charge >= 0.3 is 0 Å². The third-order valence-corrected chi connectivity index (χ3v) is 10.1. The number of benzene rings is 2. The summed E-state index contributed by atoms with van der Waals surface area (Å²) in [5.41, 5.74) is -0.966. The topological polar surface area (TPSA) is 116 Å². The lowest BCUT2D eigenvalue weighted by molar-refractivity contribution is -0.124. The summed E-state index contributed by atoms with van der Waals surface area (Å²) in [5, 5.41) is 9.86. The van der Waals surface area contributed by atoms with E-state index in [4.69, 9.17) is 23.2 Å². The number of anilines is 1. The second kappa shape index (κ2) is 10.7. The predicted molar refractivity (Wildman–Crippen MR) is 163 cm³/mol. The monoisotopic (exact) mass is 638 g/mol. The van der Waals surface area contributed by atoms with Gasteiger partial charge in [-0.2, -0.15) is 0 Å². The van der Waals surface area contributed by atoms with Crippen molar-refractivity contribution in [2.45, 2.75) is 88.4 Å². The van der Waals surface area contributed by atoms with E-state index in [-0.39, 0.29) is 33.9 Å². The molecule has 2 amide bonds. The van der Waals surface area contributed by atoms with Crippen LogP contribution in [0.4, 0.5) is 10.1 Å². The molecule has 42 heavy (non-hydrogen) atoms. The molecule has 4 N–H and O–H groups in total. The van der Waals surface area contributed by atoms with Gasteiger partial charge in [-0.05, 0) is 67.3 Å². The highest BCUT2D eigenvalue weighted by atomic mass is 35.5. The number of carbonyl (C=O) groups excluding carboxylic acids is 2. The molecule has 228 valence electrons. The van der Waals surface area contributed by atoms with Crippen LogP contribution >= 0.6 is 23.2 Å². The zero-order valence-electron chi connectivity index (χ0n) is 24.3. The fraction of sp³-hybridized carbons (Fsp3) is 0.533. The van der Waals surface area contributed by atoms with Crippen molar-refractivity contribution in [1.29, 1.82) is 0 Å². The van der Waals surface area contributed by atoms with Crippen molar-refractivity contribution in [2.24, 2.45) is 5.41 Å². The van der Waals surface area contributed by atoms with Gasteiger partial charge < -0.3 is 16.0 Å². The Morgan fingerprint density at radius 3 is 2.57 bits per heavy atom. The number of halogens is 3. The Labute approximate surface area is 256 Å². The van der Waals surface area contributed by atoms with Gasteiger partial charge in [-0.1, -0.05) is 62.2 Å². The first-order chi connectivity index (χ1) is 19.4. The predicted octanol–water partition coefficient (Wildman–Crippen LogP) is 4.86. The highest BCUT2D eigenvalue weighted by Crippen LogP contribution is 2.57. The van der Waals surface area contributed by atoms with Crippen LogP contribution in [0.5, 0.6) is 0 Å². The largest absolute Gasteiger partial charge is 0.352 e. The van der Waals surface area contributed by atoms with E-state index in [1.807, 2.05) is 6.92 Å². The first kappa shape index (κ1) is 31.2. The van der Waals surface area contributed by atoms with Crippen molar-refractivity contribution in [2.75, 3.05) is 11.6 Å². The van der Waals surface area contributed by atoms with Gasteiger partial charge in [-0.3, -0.25) is 9.59 Å². The first-order valence-electron chi connectivity index (χ1n) is 14.0. The lowest BCUT2D eigenvalue weighted by Crippen LogP contribution is -2.50. The molecule has 1 saturated carbocycles. The second-order valence-corrected chi connectivity index (χ2v) is 16.1.